The summed E-state index contributed by atoms with van der Waals surface area (Å²) in [6.07, 6.45) is 13.8. The van der Waals surface area contributed by atoms with Crippen LogP contribution in [0, 0.1) is 0 Å². The zero-order valence-corrected chi connectivity index (χ0v) is 41.1. The van der Waals surface area contributed by atoms with Crippen LogP contribution in [0.2, 0.25) is 0 Å². The molecule has 0 N–H and O–H groups in total. The number of ether oxygens (including phenoxy) is 2. The van der Waals surface area contributed by atoms with E-state index in [2.05, 4.69) is 0 Å². The molecule has 0 saturated carbocycles. The van der Waals surface area contributed by atoms with Gasteiger partial charge >= 0.3 is 19.5 Å². The van der Waals surface area contributed by atoms with Gasteiger partial charge in [0.25, 0.3) is 0 Å². The number of fused-ring (bicyclic) bond motifs is 6. The summed E-state index contributed by atoms with van der Waals surface area (Å²) in [5.74, 6) is -1.78. The van der Waals surface area contributed by atoms with Gasteiger partial charge in [0.15, 0.2) is 11.5 Å². The fourth-order valence-corrected chi connectivity index (χ4v) is 9.26. The Balaban J connectivity index is 0.00000553. The average Bonchev–Trinajstić information content (AvgIpc) is 4.20. The third-order valence-corrected chi connectivity index (χ3v) is 12.1. The minimum absolute atomic E-state index is 0. The molecule has 69 heavy (non-hydrogen) atoms. The van der Waals surface area contributed by atoms with Gasteiger partial charge in [-0.05, 0) is 98.2 Å². The first-order chi connectivity index (χ1) is 33.0. The van der Waals surface area contributed by atoms with E-state index in [0.29, 0.717) is 67.9 Å². The van der Waals surface area contributed by atoms with Gasteiger partial charge in [0, 0.05) is 39.0 Å². The molecule has 330 valence electrons. The first-order valence-corrected chi connectivity index (χ1v) is 22.4. The van der Waals surface area contributed by atoms with Gasteiger partial charge in [-0.1, -0.05) is 121 Å². The van der Waals surface area contributed by atoms with Crippen molar-refractivity contribution in [1.29, 1.82) is 0 Å². The van der Waals surface area contributed by atoms with Crippen molar-refractivity contribution in [2.75, 3.05) is 0 Å². The van der Waals surface area contributed by atoms with Crippen LogP contribution < -0.4 is 14.9 Å². The summed E-state index contributed by atoms with van der Waals surface area (Å²) in [5, 5.41) is 30.0. The van der Waals surface area contributed by atoms with E-state index in [1.807, 2.05) is 137 Å². The summed E-state index contributed by atoms with van der Waals surface area (Å²) in [7, 11) is 0. The second kappa shape index (κ2) is 17.8. The molecule has 0 atom stereocenters. The monoisotopic (exact) mass is 952 g/mol. The number of hydrogen-bond acceptors (Lipinski definition) is 10. The molecule has 0 spiro atoms. The molecule has 1 aliphatic carbocycles. The number of ketones is 2. The zero-order chi connectivity index (χ0) is 46.8. The topological polar surface area (TPSA) is 148 Å². The van der Waals surface area contributed by atoms with Gasteiger partial charge in [0.1, 0.15) is 5.75 Å². The number of benzene rings is 5. The summed E-state index contributed by atoms with van der Waals surface area (Å²) < 4.78 is 12.6. The standard InChI is InChI=1S/C58H42N4O6.Zn/c1-31(2)67-57-51(53(63)35-19-11-13-21-37(35)55(57)65)49-43-27-23-39(59-43)47(33-15-7-5-8-16-33)41-25-29-45(61-41)50(52-54(64)36-20-12-14-22-38(36)56(66)58(52)68-32(3)4)46-30-26-42(62-46)48(34-17-9-6-10-18-34)40-24-28-44(49)60-40;/h5-32,63,65H,1-4H3;/q;+2/p-2. The summed E-state index contributed by atoms with van der Waals surface area (Å²) >= 11 is 0. The molecular weight excluding hydrogens is 914 g/mol. The molecule has 0 amide bonds. The van der Waals surface area contributed by atoms with E-state index >= 15 is 0 Å². The van der Waals surface area contributed by atoms with Crippen molar-refractivity contribution in [3.8, 4) is 17.2 Å². The van der Waals surface area contributed by atoms with Crippen molar-refractivity contribution in [1.82, 2.24) is 0 Å². The summed E-state index contributed by atoms with van der Waals surface area (Å²) in [5.41, 5.74) is 7.73. The first kappa shape index (κ1) is 44.7. The number of carbonyl (C=O) groups is 2. The van der Waals surface area contributed by atoms with E-state index in [0.717, 1.165) is 11.1 Å². The van der Waals surface area contributed by atoms with Crippen LogP contribution in [0.3, 0.4) is 0 Å². The molecule has 0 fully saturated rings. The Morgan fingerprint density at radius 2 is 0.812 bits per heavy atom. The van der Waals surface area contributed by atoms with Crippen LogP contribution >= 0.6 is 0 Å². The van der Waals surface area contributed by atoms with E-state index in [-0.39, 0.29) is 64.0 Å². The van der Waals surface area contributed by atoms with Crippen molar-refractivity contribution in [3.63, 3.8) is 0 Å². The molecule has 6 aliphatic rings. The van der Waals surface area contributed by atoms with Crippen LogP contribution in [-0.2, 0) is 24.2 Å². The molecule has 10 nitrogen and oxygen atoms in total. The van der Waals surface area contributed by atoms with Gasteiger partial charge in [-0.15, -0.1) is 0 Å². The van der Waals surface area contributed by atoms with Crippen molar-refractivity contribution in [3.05, 3.63) is 225 Å². The number of rotatable bonds is 8. The molecule has 5 aliphatic heterocycles. The molecular formula is C58H40N4O6Zn. The maximum atomic E-state index is 15.0. The van der Waals surface area contributed by atoms with Crippen molar-refractivity contribution in [2.45, 2.75) is 39.9 Å². The predicted molar refractivity (Wildman–Crippen MR) is 264 cm³/mol. The van der Waals surface area contributed by atoms with Gasteiger partial charge in [-0.2, -0.15) is 0 Å². The summed E-state index contributed by atoms with van der Waals surface area (Å²) in [4.78, 5) is 50.6. The number of carbonyl (C=O) groups excluding carboxylic acids is 2. The maximum absolute atomic E-state index is 15.0. The van der Waals surface area contributed by atoms with Crippen molar-refractivity contribution < 1.29 is 48.8 Å². The van der Waals surface area contributed by atoms with Crippen LogP contribution in [0.4, 0.5) is 0 Å². The second-order valence-electron chi connectivity index (χ2n) is 17.2. The molecule has 5 aromatic carbocycles. The Labute approximate surface area is 411 Å². The number of hydrogen-bond donors (Lipinski definition) is 0. The Kier molecular flexibility index (Phi) is 11.5. The number of allylic oxidation sites excluding steroid dienone is 14. The van der Waals surface area contributed by atoms with Gasteiger partial charge in [0.2, 0.25) is 5.78 Å². The van der Waals surface area contributed by atoms with E-state index < -0.39 is 35.3 Å². The van der Waals surface area contributed by atoms with E-state index in [1.54, 1.807) is 48.5 Å². The van der Waals surface area contributed by atoms with Crippen LogP contribution in [0.15, 0.2) is 217 Å². The van der Waals surface area contributed by atoms with Crippen molar-refractivity contribution >= 4 is 61.9 Å². The molecule has 5 heterocycles. The van der Waals surface area contributed by atoms with Crippen molar-refractivity contribution in [2.24, 2.45) is 20.0 Å². The van der Waals surface area contributed by atoms with E-state index in [4.69, 9.17) is 29.4 Å². The number of nitrogens with zero attached hydrogens (tertiary/aromatic N) is 4. The molecule has 0 saturated heterocycles. The third kappa shape index (κ3) is 7.65. The Morgan fingerprint density at radius 3 is 1.30 bits per heavy atom. The predicted octanol–water partition coefficient (Wildman–Crippen LogP) is 10.4. The smallest absolute Gasteiger partial charge is 0.872 e. The summed E-state index contributed by atoms with van der Waals surface area (Å²) in [6, 6.07) is 32.9. The molecule has 11 rings (SSSR count). The number of aliphatic imine (C=N–C) groups is 4. The fourth-order valence-electron chi connectivity index (χ4n) is 9.26. The zero-order valence-electron chi connectivity index (χ0n) is 38.1. The largest absolute Gasteiger partial charge is 2.00 e. The first-order valence-electron chi connectivity index (χ1n) is 22.4. The van der Waals surface area contributed by atoms with Gasteiger partial charge in [0.05, 0.1) is 63.4 Å². The molecule has 0 radical (unpaired) electrons. The molecule has 5 aromatic rings. The van der Waals surface area contributed by atoms with Crippen LogP contribution in [0.1, 0.15) is 65.1 Å². The summed E-state index contributed by atoms with van der Waals surface area (Å²) in [6.45, 7) is 7.25. The van der Waals surface area contributed by atoms with Crippen LogP contribution in [0.5, 0.6) is 17.2 Å². The van der Waals surface area contributed by atoms with Gasteiger partial charge in [-0.25, -0.2) is 20.0 Å². The Hall–Kier alpha value is -8.14. The molecule has 8 bridgehead atoms. The molecule has 0 aromatic heterocycles. The second-order valence-corrected chi connectivity index (χ2v) is 17.2. The number of Topliss-reactive ketones (excluding diaryl/α,β-unsaturated/α-hetero) is 2. The normalized spacial score (nSPS) is 17.1. The van der Waals surface area contributed by atoms with Gasteiger partial charge in [-0.3, -0.25) is 9.59 Å². The van der Waals surface area contributed by atoms with Crippen LogP contribution in [0.25, 0.3) is 27.5 Å². The van der Waals surface area contributed by atoms with E-state index in [9.17, 15) is 19.8 Å². The Morgan fingerprint density at radius 1 is 0.420 bits per heavy atom. The average molecular weight is 954 g/mol. The van der Waals surface area contributed by atoms with Gasteiger partial charge < -0.3 is 19.7 Å². The molecule has 0 unspecified atom stereocenters. The third-order valence-electron chi connectivity index (χ3n) is 12.1. The van der Waals surface area contributed by atoms with E-state index in [1.165, 1.54) is 0 Å². The fraction of sp³-hybridized carbons (Fsp3) is 0.103. The Bertz CT molecular complexity index is 3500. The minimum atomic E-state index is -0.450. The quantitative estimate of drug-likeness (QED) is 0.141. The minimum Gasteiger partial charge on any atom is -0.872 e. The SMILES string of the molecule is CC(C)OC1=C(C2=C3C=CC(=N3)C(c3ccccc3)=C3C=CC(=N3)C(c3c(OC(C)C)c([O-])c4ccccc4c3[O-])=C3C=CC(=N3)C(c3ccccc3)=C3C=CC2=N3)C(=O)c2ccccc2C1=O.[Zn+2]. The molecule has 11 heteroatoms. The van der Waals surface area contributed by atoms with Crippen LogP contribution in [-0.4, -0.2) is 46.6 Å². The maximum Gasteiger partial charge on any atom is 2.00 e.